The molecule has 0 aromatic carbocycles. The molecular formula is C11H24IN3O2. The molecule has 0 rings (SSSR count). The van der Waals surface area contributed by atoms with Gasteiger partial charge in [-0.05, 0) is 33.6 Å². The third kappa shape index (κ3) is 15.5. The van der Waals surface area contributed by atoms with E-state index in [-0.39, 0.29) is 35.9 Å². The molecule has 0 aromatic rings. The molecule has 0 radical (unpaired) electrons. The van der Waals surface area contributed by atoms with Crippen molar-refractivity contribution in [1.29, 1.82) is 0 Å². The van der Waals surface area contributed by atoms with E-state index >= 15 is 0 Å². The molecule has 0 unspecified atom stereocenters. The SMILES string of the molecule is CC(C)(C)OC(=O)CCCCCN=C(N)N.I. The first-order chi connectivity index (χ1) is 7.31. The van der Waals surface area contributed by atoms with Gasteiger partial charge in [-0.3, -0.25) is 9.79 Å². The standard InChI is InChI=1S/C11H23N3O2.HI/c1-11(2,3)16-9(15)7-5-4-6-8-14-10(12)13;/h4-8H2,1-3H3,(H4,12,13,14);1H. The number of rotatable bonds is 6. The average Bonchev–Trinajstić information content (AvgIpc) is 2.07. The van der Waals surface area contributed by atoms with Crippen LogP contribution in [-0.4, -0.2) is 24.1 Å². The number of halogens is 1. The van der Waals surface area contributed by atoms with Gasteiger partial charge in [0.2, 0.25) is 0 Å². The summed E-state index contributed by atoms with van der Waals surface area (Å²) in [6.07, 6.45) is 3.09. The second kappa shape index (κ2) is 9.49. The lowest BCUT2D eigenvalue weighted by atomic mass is 10.1. The van der Waals surface area contributed by atoms with E-state index in [1.54, 1.807) is 0 Å². The Morgan fingerprint density at radius 2 is 1.76 bits per heavy atom. The molecule has 17 heavy (non-hydrogen) atoms. The van der Waals surface area contributed by atoms with Gasteiger partial charge in [-0.15, -0.1) is 24.0 Å². The first-order valence-electron chi connectivity index (χ1n) is 5.58. The Hall–Kier alpha value is -0.530. The zero-order chi connectivity index (χ0) is 12.6. The molecule has 102 valence electrons. The summed E-state index contributed by atoms with van der Waals surface area (Å²) in [6.45, 7) is 6.22. The van der Waals surface area contributed by atoms with E-state index in [9.17, 15) is 4.79 Å². The van der Waals surface area contributed by atoms with E-state index in [0.29, 0.717) is 13.0 Å². The van der Waals surface area contributed by atoms with Crippen molar-refractivity contribution < 1.29 is 9.53 Å². The number of esters is 1. The van der Waals surface area contributed by atoms with E-state index < -0.39 is 5.60 Å². The van der Waals surface area contributed by atoms with Crippen molar-refractivity contribution in [1.82, 2.24) is 0 Å². The van der Waals surface area contributed by atoms with Crippen molar-refractivity contribution in [3.05, 3.63) is 0 Å². The molecule has 0 aliphatic rings. The Balaban J connectivity index is 0. The van der Waals surface area contributed by atoms with Crippen LogP contribution >= 0.6 is 24.0 Å². The van der Waals surface area contributed by atoms with Crippen LogP contribution in [0.5, 0.6) is 0 Å². The van der Waals surface area contributed by atoms with E-state index in [1.165, 1.54) is 0 Å². The molecule has 5 nitrogen and oxygen atoms in total. The number of aliphatic imine (C=N–C) groups is 1. The van der Waals surface area contributed by atoms with Gasteiger partial charge < -0.3 is 16.2 Å². The average molecular weight is 357 g/mol. The van der Waals surface area contributed by atoms with Crippen LogP contribution in [0.15, 0.2) is 4.99 Å². The predicted molar refractivity (Wildman–Crippen MR) is 80.4 cm³/mol. The zero-order valence-corrected chi connectivity index (χ0v) is 13.2. The molecule has 0 aliphatic carbocycles. The highest BCUT2D eigenvalue weighted by Crippen LogP contribution is 2.10. The minimum Gasteiger partial charge on any atom is -0.460 e. The Labute approximate surface area is 120 Å². The van der Waals surface area contributed by atoms with Gasteiger partial charge in [-0.1, -0.05) is 6.42 Å². The number of unbranched alkanes of at least 4 members (excludes halogenated alkanes) is 2. The third-order valence-electron chi connectivity index (χ3n) is 1.75. The molecular weight excluding hydrogens is 333 g/mol. The maximum Gasteiger partial charge on any atom is 0.306 e. The number of carbonyl (C=O) groups excluding carboxylic acids is 1. The number of guanidine groups is 1. The molecule has 0 heterocycles. The predicted octanol–water partition coefficient (Wildman–Crippen LogP) is 1.78. The van der Waals surface area contributed by atoms with Gasteiger partial charge in [0.05, 0.1) is 0 Å². The van der Waals surface area contributed by atoms with Crippen molar-refractivity contribution in [3.63, 3.8) is 0 Å². The minimum atomic E-state index is -0.393. The summed E-state index contributed by atoms with van der Waals surface area (Å²) in [4.78, 5) is 15.2. The van der Waals surface area contributed by atoms with Gasteiger partial charge >= 0.3 is 5.97 Å². The fraction of sp³-hybridized carbons (Fsp3) is 0.818. The Bertz CT molecular complexity index is 246. The van der Waals surface area contributed by atoms with Crippen molar-refractivity contribution >= 4 is 35.9 Å². The number of ether oxygens (including phenoxy) is 1. The molecule has 0 spiro atoms. The summed E-state index contributed by atoms with van der Waals surface area (Å²) in [5, 5.41) is 0. The van der Waals surface area contributed by atoms with E-state index in [1.807, 2.05) is 20.8 Å². The van der Waals surface area contributed by atoms with Crippen LogP contribution in [0.4, 0.5) is 0 Å². The molecule has 0 saturated heterocycles. The highest BCUT2D eigenvalue weighted by molar-refractivity contribution is 14.0. The molecule has 0 aromatic heterocycles. The Kier molecular flexibility index (Phi) is 10.5. The summed E-state index contributed by atoms with van der Waals surface area (Å²) >= 11 is 0. The van der Waals surface area contributed by atoms with Gasteiger partial charge in [0.1, 0.15) is 5.60 Å². The van der Waals surface area contributed by atoms with E-state index in [4.69, 9.17) is 16.2 Å². The fourth-order valence-electron chi connectivity index (χ4n) is 1.16. The molecule has 6 heteroatoms. The molecule has 0 aliphatic heterocycles. The maximum atomic E-state index is 11.3. The van der Waals surface area contributed by atoms with Gasteiger partial charge in [0, 0.05) is 13.0 Å². The maximum absolute atomic E-state index is 11.3. The summed E-state index contributed by atoms with van der Waals surface area (Å²) in [6, 6.07) is 0. The summed E-state index contributed by atoms with van der Waals surface area (Å²) in [7, 11) is 0. The van der Waals surface area contributed by atoms with Gasteiger partial charge in [-0.25, -0.2) is 0 Å². The lowest BCUT2D eigenvalue weighted by molar-refractivity contribution is -0.154. The minimum absolute atomic E-state index is 0. The quantitative estimate of drug-likeness (QED) is 0.249. The number of hydrogen-bond donors (Lipinski definition) is 2. The van der Waals surface area contributed by atoms with Gasteiger partial charge in [0.25, 0.3) is 0 Å². The highest BCUT2D eigenvalue weighted by Gasteiger charge is 2.15. The Morgan fingerprint density at radius 3 is 2.24 bits per heavy atom. The van der Waals surface area contributed by atoms with Crippen LogP contribution in [0.1, 0.15) is 46.5 Å². The van der Waals surface area contributed by atoms with Crippen molar-refractivity contribution in [2.45, 2.75) is 52.1 Å². The van der Waals surface area contributed by atoms with Crippen molar-refractivity contribution in [3.8, 4) is 0 Å². The molecule has 0 fully saturated rings. The summed E-state index contributed by atoms with van der Waals surface area (Å²) in [5.41, 5.74) is 9.96. The first-order valence-corrected chi connectivity index (χ1v) is 5.58. The normalized spacial score (nSPS) is 10.3. The van der Waals surface area contributed by atoms with Crippen LogP contribution < -0.4 is 11.5 Å². The van der Waals surface area contributed by atoms with Gasteiger partial charge in [0.15, 0.2) is 5.96 Å². The monoisotopic (exact) mass is 357 g/mol. The van der Waals surface area contributed by atoms with E-state index in [2.05, 4.69) is 4.99 Å². The molecule has 0 bridgehead atoms. The Morgan fingerprint density at radius 1 is 1.18 bits per heavy atom. The smallest absolute Gasteiger partial charge is 0.306 e. The second-order valence-electron chi connectivity index (χ2n) is 4.70. The van der Waals surface area contributed by atoms with Crippen LogP contribution in [0.2, 0.25) is 0 Å². The summed E-state index contributed by atoms with van der Waals surface area (Å²) < 4.78 is 5.18. The van der Waals surface area contributed by atoms with Crippen LogP contribution in [0.3, 0.4) is 0 Å². The largest absolute Gasteiger partial charge is 0.460 e. The molecule has 0 amide bonds. The van der Waals surface area contributed by atoms with Crippen LogP contribution in [0.25, 0.3) is 0 Å². The van der Waals surface area contributed by atoms with Gasteiger partial charge in [-0.2, -0.15) is 0 Å². The van der Waals surface area contributed by atoms with Crippen molar-refractivity contribution in [2.75, 3.05) is 6.54 Å². The zero-order valence-electron chi connectivity index (χ0n) is 10.9. The number of carbonyl (C=O) groups is 1. The lowest BCUT2D eigenvalue weighted by Crippen LogP contribution is -2.23. The van der Waals surface area contributed by atoms with Crippen molar-refractivity contribution in [2.24, 2.45) is 16.5 Å². The molecule has 0 saturated carbocycles. The lowest BCUT2D eigenvalue weighted by Gasteiger charge is -2.19. The summed E-state index contributed by atoms with van der Waals surface area (Å²) in [5.74, 6) is -0.0264. The van der Waals surface area contributed by atoms with E-state index in [0.717, 1.165) is 19.3 Å². The second-order valence-corrected chi connectivity index (χ2v) is 4.70. The van der Waals surface area contributed by atoms with Crippen LogP contribution in [0, 0.1) is 0 Å². The third-order valence-corrected chi connectivity index (χ3v) is 1.75. The molecule has 0 atom stereocenters. The highest BCUT2D eigenvalue weighted by atomic mass is 127. The number of nitrogens with two attached hydrogens (primary N) is 2. The topological polar surface area (TPSA) is 90.7 Å². The first kappa shape index (κ1) is 18.8. The fourth-order valence-corrected chi connectivity index (χ4v) is 1.16. The van der Waals surface area contributed by atoms with Crippen LogP contribution in [-0.2, 0) is 9.53 Å². The molecule has 4 N–H and O–H groups in total. The number of nitrogens with zero attached hydrogens (tertiary/aromatic N) is 1. The number of hydrogen-bond acceptors (Lipinski definition) is 3.